The molecule has 0 aromatic carbocycles. The molecule has 1 saturated heterocycles. The number of halogens is 2. The van der Waals surface area contributed by atoms with Crippen LogP contribution in [0.5, 0.6) is 5.75 Å². The fraction of sp³-hybridized carbons (Fsp3) is 0.455. The van der Waals surface area contributed by atoms with Gasteiger partial charge >= 0.3 is 6.61 Å². The molecule has 0 spiro atoms. The molecule has 0 saturated carbocycles. The number of pyridine rings is 1. The van der Waals surface area contributed by atoms with Crippen LogP contribution in [-0.4, -0.2) is 61.3 Å². The first-order valence-corrected chi connectivity index (χ1v) is 7.75. The normalized spacial score (nSPS) is 16.8. The summed E-state index contributed by atoms with van der Waals surface area (Å²) in [5.41, 5.74) is 0.0608. The Labute approximate surface area is 125 Å². The Bertz CT molecular complexity index is 630. The number of rotatable bonds is 4. The molecule has 2 heterocycles. The highest BCUT2D eigenvalue weighted by Crippen LogP contribution is 2.14. The van der Waals surface area contributed by atoms with Gasteiger partial charge in [0.05, 0.1) is 6.20 Å². The summed E-state index contributed by atoms with van der Waals surface area (Å²) in [6.45, 7) is -2.43. The fourth-order valence-corrected chi connectivity index (χ4v) is 2.66. The molecule has 2 rings (SSSR count). The third kappa shape index (κ3) is 4.08. The van der Waals surface area contributed by atoms with Crippen molar-refractivity contribution >= 4 is 16.1 Å². The van der Waals surface area contributed by atoms with E-state index < -0.39 is 22.7 Å². The van der Waals surface area contributed by atoms with Gasteiger partial charge in [0.1, 0.15) is 11.4 Å². The number of alkyl halides is 2. The molecule has 1 aromatic rings. The second-order valence-electron chi connectivity index (χ2n) is 4.49. The zero-order valence-corrected chi connectivity index (χ0v) is 12.2. The van der Waals surface area contributed by atoms with Gasteiger partial charge in [0.2, 0.25) is 0 Å². The van der Waals surface area contributed by atoms with Gasteiger partial charge in [-0.05, 0) is 12.1 Å². The Hall–Kier alpha value is -1.85. The van der Waals surface area contributed by atoms with Gasteiger partial charge in [-0.2, -0.15) is 21.5 Å². The SMILES string of the molecule is NS(=O)(=O)N1CCN(C(=O)c2ccc(OC(F)F)cn2)CC1. The van der Waals surface area contributed by atoms with Crippen LogP contribution in [0.25, 0.3) is 0 Å². The number of nitrogens with zero attached hydrogens (tertiary/aromatic N) is 3. The van der Waals surface area contributed by atoms with Crippen molar-refractivity contribution in [3.8, 4) is 5.75 Å². The maximum absolute atomic E-state index is 12.2. The first-order valence-electron chi connectivity index (χ1n) is 6.25. The topological polar surface area (TPSA) is 106 Å². The van der Waals surface area contributed by atoms with E-state index in [2.05, 4.69) is 9.72 Å². The molecule has 1 fully saturated rings. The highest BCUT2D eigenvalue weighted by Gasteiger charge is 2.27. The van der Waals surface area contributed by atoms with E-state index in [-0.39, 0.29) is 37.6 Å². The predicted molar refractivity (Wildman–Crippen MR) is 71.5 cm³/mol. The lowest BCUT2D eigenvalue weighted by atomic mass is 10.2. The van der Waals surface area contributed by atoms with Gasteiger partial charge in [0.25, 0.3) is 16.1 Å². The Kier molecular flexibility index (Phi) is 4.88. The van der Waals surface area contributed by atoms with Crippen LogP contribution >= 0.6 is 0 Å². The van der Waals surface area contributed by atoms with Crippen molar-refractivity contribution in [2.45, 2.75) is 6.61 Å². The molecule has 1 aromatic heterocycles. The Morgan fingerprint density at radius 1 is 1.27 bits per heavy atom. The lowest BCUT2D eigenvalue weighted by Crippen LogP contribution is -2.52. The van der Waals surface area contributed by atoms with E-state index in [1.54, 1.807) is 0 Å². The van der Waals surface area contributed by atoms with Crippen LogP contribution in [0.4, 0.5) is 8.78 Å². The quantitative estimate of drug-likeness (QED) is 0.808. The molecule has 11 heteroatoms. The molecule has 1 aliphatic heterocycles. The number of carbonyl (C=O) groups excluding carboxylic acids is 1. The van der Waals surface area contributed by atoms with Crippen molar-refractivity contribution < 1.29 is 26.7 Å². The summed E-state index contributed by atoms with van der Waals surface area (Å²) in [7, 11) is -3.76. The summed E-state index contributed by atoms with van der Waals surface area (Å²) in [6.07, 6.45) is 1.03. The summed E-state index contributed by atoms with van der Waals surface area (Å²) in [5.74, 6) is -0.566. The molecule has 1 aliphatic rings. The van der Waals surface area contributed by atoms with Crippen molar-refractivity contribution in [2.24, 2.45) is 5.14 Å². The maximum Gasteiger partial charge on any atom is 0.387 e. The van der Waals surface area contributed by atoms with Crippen LogP contribution < -0.4 is 9.88 Å². The summed E-state index contributed by atoms with van der Waals surface area (Å²) in [4.78, 5) is 17.3. The Morgan fingerprint density at radius 2 is 1.91 bits per heavy atom. The minimum Gasteiger partial charge on any atom is -0.433 e. The van der Waals surface area contributed by atoms with E-state index in [9.17, 15) is 22.0 Å². The smallest absolute Gasteiger partial charge is 0.387 e. The lowest BCUT2D eigenvalue weighted by Gasteiger charge is -2.32. The number of aromatic nitrogens is 1. The van der Waals surface area contributed by atoms with Crippen LogP contribution in [0, 0.1) is 0 Å². The summed E-state index contributed by atoms with van der Waals surface area (Å²) < 4.78 is 51.6. The molecule has 0 atom stereocenters. The van der Waals surface area contributed by atoms with E-state index in [0.717, 1.165) is 10.5 Å². The van der Waals surface area contributed by atoms with E-state index in [1.807, 2.05) is 0 Å². The van der Waals surface area contributed by atoms with Crippen LogP contribution in [0.3, 0.4) is 0 Å². The number of amides is 1. The van der Waals surface area contributed by atoms with Crippen molar-refractivity contribution in [3.63, 3.8) is 0 Å². The minimum absolute atomic E-state index is 0.0608. The zero-order chi connectivity index (χ0) is 16.3. The second kappa shape index (κ2) is 6.50. The second-order valence-corrected chi connectivity index (χ2v) is 6.04. The average molecular weight is 336 g/mol. The first-order chi connectivity index (χ1) is 10.3. The predicted octanol–water partition coefficient (Wildman–Crippen LogP) is -0.356. The van der Waals surface area contributed by atoms with Gasteiger partial charge in [-0.25, -0.2) is 10.1 Å². The maximum atomic E-state index is 12.2. The Morgan fingerprint density at radius 3 is 2.36 bits per heavy atom. The van der Waals surface area contributed by atoms with Crippen LogP contribution in [0.1, 0.15) is 10.5 Å². The third-order valence-electron chi connectivity index (χ3n) is 3.07. The highest BCUT2D eigenvalue weighted by molar-refractivity contribution is 7.86. The molecule has 22 heavy (non-hydrogen) atoms. The standard InChI is InChI=1S/C11H14F2N4O4S/c12-11(13)21-8-1-2-9(15-7-8)10(18)16-3-5-17(6-4-16)22(14,19)20/h1-2,7,11H,3-6H2,(H2,14,19,20). The molecule has 0 aliphatic carbocycles. The number of hydrogen-bond acceptors (Lipinski definition) is 5. The zero-order valence-electron chi connectivity index (χ0n) is 11.4. The van der Waals surface area contributed by atoms with Crippen LogP contribution in [0.2, 0.25) is 0 Å². The summed E-state index contributed by atoms with van der Waals surface area (Å²) >= 11 is 0. The average Bonchev–Trinajstić information content (AvgIpc) is 2.46. The number of ether oxygens (including phenoxy) is 1. The first kappa shape index (κ1) is 16.5. The lowest BCUT2D eigenvalue weighted by molar-refractivity contribution is -0.0500. The number of carbonyl (C=O) groups is 1. The molecule has 8 nitrogen and oxygen atoms in total. The molecular weight excluding hydrogens is 322 g/mol. The van der Waals surface area contributed by atoms with Crippen molar-refractivity contribution in [2.75, 3.05) is 26.2 Å². The van der Waals surface area contributed by atoms with E-state index >= 15 is 0 Å². The van der Waals surface area contributed by atoms with Crippen LogP contribution in [0.15, 0.2) is 18.3 Å². The Balaban J connectivity index is 1.98. The molecule has 0 bridgehead atoms. The number of nitrogens with two attached hydrogens (primary N) is 1. The molecule has 0 radical (unpaired) electrons. The van der Waals surface area contributed by atoms with Crippen LogP contribution in [-0.2, 0) is 10.2 Å². The van der Waals surface area contributed by atoms with Crippen molar-refractivity contribution in [1.29, 1.82) is 0 Å². The van der Waals surface area contributed by atoms with Gasteiger partial charge < -0.3 is 9.64 Å². The van der Waals surface area contributed by atoms with Gasteiger partial charge in [-0.15, -0.1) is 0 Å². The largest absolute Gasteiger partial charge is 0.433 e. The van der Waals surface area contributed by atoms with Crippen molar-refractivity contribution in [3.05, 3.63) is 24.0 Å². The van der Waals surface area contributed by atoms with Gasteiger partial charge in [0.15, 0.2) is 0 Å². The fourth-order valence-electron chi connectivity index (χ4n) is 1.99. The van der Waals surface area contributed by atoms with Gasteiger partial charge in [-0.3, -0.25) is 4.79 Å². The summed E-state index contributed by atoms with van der Waals surface area (Å²) in [6, 6.07) is 2.49. The highest BCUT2D eigenvalue weighted by atomic mass is 32.2. The van der Waals surface area contributed by atoms with E-state index in [0.29, 0.717) is 0 Å². The molecular formula is C11H14F2N4O4S. The molecule has 0 unspecified atom stereocenters. The van der Waals surface area contributed by atoms with E-state index in [4.69, 9.17) is 5.14 Å². The molecule has 2 N–H and O–H groups in total. The molecule has 122 valence electrons. The number of hydrogen-bond donors (Lipinski definition) is 1. The number of piperazine rings is 1. The van der Waals surface area contributed by atoms with Gasteiger partial charge in [0, 0.05) is 26.2 Å². The molecule has 1 amide bonds. The van der Waals surface area contributed by atoms with Crippen molar-refractivity contribution in [1.82, 2.24) is 14.2 Å². The summed E-state index contributed by atoms with van der Waals surface area (Å²) in [5, 5.41) is 5.01. The minimum atomic E-state index is -3.76. The monoisotopic (exact) mass is 336 g/mol. The van der Waals surface area contributed by atoms with Gasteiger partial charge in [-0.1, -0.05) is 0 Å². The third-order valence-corrected chi connectivity index (χ3v) is 4.15. The van der Waals surface area contributed by atoms with E-state index in [1.165, 1.54) is 17.0 Å².